The third-order valence-electron chi connectivity index (χ3n) is 5.54. The van der Waals surface area contributed by atoms with Crippen LogP contribution in [-0.4, -0.2) is 52.8 Å². The van der Waals surface area contributed by atoms with Crippen molar-refractivity contribution in [3.63, 3.8) is 0 Å². The van der Waals surface area contributed by atoms with E-state index < -0.39 is 11.9 Å². The molecule has 2 heterocycles. The van der Waals surface area contributed by atoms with E-state index in [-0.39, 0.29) is 28.2 Å². The number of rotatable bonds is 7. The lowest BCUT2D eigenvalue weighted by molar-refractivity contribution is 0.147. The number of carboxylic acid groups (broad SMARTS) is 1. The van der Waals surface area contributed by atoms with Crippen LogP contribution in [0.2, 0.25) is 5.02 Å². The van der Waals surface area contributed by atoms with Crippen molar-refractivity contribution in [2.75, 3.05) is 37.0 Å². The van der Waals surface area contributed by atoms with Crippen LogP contribution in [0.1, 0.15) is 12.8 Å². The Morgan fingerprint density at radius 1 is 1.32 bits per heavy atom. The standard InChI is InChI=1S/C24H25ClFN5O3/c1-30-12-4-5-16(14-30)15-34-21-9-8-17(13-19(21)26)28-23-27-11-10-22(29-23)31(24(32)33)20-7-3-2-6-18(20)25/h2-3,6-11,13,16H,4-5,12,14-15H2,1H3,(H,32,33)(H,27,28,29). The van der Waals surface area contributed by atoms with Crippen molar-refractivity contribution in [2.45, 2.75) is 12.8 Å². The van der Waals surface area contributed by atoms with Gasteiger partial charge < -0.3 is 20.1 Å². The SMILES string of the molecule is CN1CCCC(COc2ccc(Nc3nccc(N(C(=O)O)c4ccccc4Cl)n3)cc2F)C1. The van der Waals surface area contributed by atoms with E-state index >= 15 is 0 Å². The average Bonchev–Trinajstić information content (AvgIpc) is 2.80. The number of hydrogen-bond donors (Lipinski definition) is 2. The van der Waals surface area contributed by atoms with E-state index in [1.807, 2.05) is 0 Å². The number of hydrogen-bond acceptors (Lipinski definition) is 6. The molecular weight excluding hydrogens is 461 g/mol. The number of aromatic nitrogens is 2. The summed E-state index contributed by atoms with van der Waals surface area (Å²) in [7, 11) is 2.08. The number of carbonyl (C=O) groups is 1. The lowest BCUT2D eigenvalue weighted by Gasteiger charge is -2.29. The van der Waals surface area contributed by atoms with Crippen LogP contribution in [0, 0.1) is 11.7 Å². The van der Waals surface area contributed by atoms with Gasteiger partial charge in [-0.05, 0) is 50.7 Å². The largest absolute Gasteiger partial charge is 0.490 e. The summed E-state index contributed by atoms with van der Waals surface area (Å²) in [5, 5.41) is 12.9. The quantitative estimate of drug-likeness (QED) is 0.453. The molecule has 0 radical (unpaired) electrons. The van der Waals surface area contributed by atoms with Crippen LogP contribution in [-0.2, 0) is 0 Å². The molecule has 2 aromatic carbocycles. The first kappa shape index (κ1) is 23.7. The summed E-state index contributed by atoms with van der Waals surface area (Å²) >= 11 is 6.18. The third kappa shape index (κ3) is 5.73. The Balaban J connectivity index is 1.47. The fraction of sp³-hybridized carbons (Fsp3) is 0.292. The summed E-state index contributed by atoms with van der Waals surface area (Å²) in [6.45, 7) is 2.49. The molecule has 1 amide bonds. The molecule has 34 heavy (non-hydrogen) atoms. The maximum Gasteiger partial charge on any atom is 0.417 e. The van der Waals surface area contributed by atoms with Crippen molar-refractivity contribution in [3.05, 3.63) is 65.6 Å². The Bertz CT molecular complexity index is 1160. The van der Waals surface area contributed by atoms with Crippen LogP contribution in [0.15, 0.2) is 54.7 Å². The van der Waals surface area contributed by atoms with Crippen molar-refractivity contribution in [1.82, 2.24) is 14.9 Å². The predicted octanol–water partition coefficient (Wildman–Crippen LogP) is 5.55. The van der Waals surface area contributed by atoms with Gasteiger partial charge in [0.1, 0.15) is 5.82 Å². The Morgan fingerprint density at radius 2 is 2.15 bits per heavy atom. The Labute approximate surface area is 202 Å². The summed E-state index contributed by atoms with van der Waals surface area (Å²) in [5.41, 5.74) is 0.664. The highest BCUT2D eigenvalue weighted by Crippen LogP contribution is 2.31. The zero-order valence-electron chi connectivity index (χ0n) is 18.6. The second-order valence-electron chi connectivity index (χ2n) is 8.16. The summed E-state index contributed by atoms with van der Waals surface area (Å²) < 4.78 is 20.4. The molecule has 1 fully saturated rings. The molecule has 1 unspecified atom stereocenters. The highest BCUT2D eigenvalue weighted by atomic mass is 35.5. The zero-order valence-corrected chi connectivity index (χ0v) is 19.4. The monoisotopic (exact) mass is 485 g/mol. The van der Waals surface area contributed by atoms with Crippen molar-refractivity contribution in [1.29, 1.82) is 0 Å². The molecule has 1 aliphatic heterocycles. The van der Waals surface area contributed by atoms with Crippen LogP contribution in [0.25, 0.3) is 0 Å². The van der Waals surface area contributed by atoms with Crippen molar-refractivity contribution < 1.29 is 19.0 Å². The molecule has 0 saturated carbocycles. The Hall–Kier alpha value is -3.43. The molecule has 178 valence electrons. The number of amides is 1. The number of benzene rings is 2. The second-order valence-corrected chi connectivity index (χ2v) is 8.57. The maximum atomic E-state index is 14.6. The number of halogens is 2. The number of likely N-dealkylation sites (tertiary alicyclic amines) is 1. The number of nitrogens with one attached hydrogen (secondary N) is 1. The molecule has 0 spiro atoms. The van der Waals surface area contributed by atoms with Crippen molar-refractivity contribution in [2.24, 2.45) is 5.92 Å². The van der Waals surface area contributed by atoms with Gasteiger partial charge >= 0.3 is 6.09 Å². The normalized spacial score (nSPS) is 16.1. The van der Waals surface area contributed by atoms with E-state index in [1.165, 1.54) is 18.3 Å². The molecule has 10 heteroatoms. The van der Waals surface area contributed by atoms with Gasteiger partial charge in [0.15, 0.2) is 11.6 Å². The molecule has 1 atom stereocenters. The predicted molar refractivity (Wildman–Crippen MR) is 129 cm³/mol. The topological polar surface area (TPSA) is 90.8 Å². The minimum atomic E-state index is -1.26. The molecule has 2 N–H and O–H groups in total. The molecule has 0 aliphatic carbocycles. The smallest absolute Gasteiger partial charge is 0.417 e. The van der Waals surface area contributed by atoms with E-state index in [4.69, 9.17) is 16.3 Å². The van der Waals surface area contributed by atoms with E-state index in [1.54, 1.807) is 36.4 Å². The van der Waals surface area contributed by atoms with Gasteiger partial charge in [0, 0.05) is 36.5 Å². The number of anilines is 4. The minimum Gasteiger partial charge on any atom is -0.490 e. The highest BCUT2D eigenvalue weighted by Gasteiger charge is 2.22. The molecule has 1 aliphatic rings. The van der Waals surface area contributed by atoms with E-state index in [0.29, 0.717) is 18.2 Å². The van der Waals surface area contributed by atoms with E-state index in [9.17, 15) is 14.3 Å². The molecule has 1 saturated heterocycles. The molecular formula is C24H25ClFN5O3. The highest BCUT2D eigenvalue weighted by molar-refractivity contribution is 6.34. The van der Waals surface area contributed by atoms with Gasteiger partial charge in [-0.1, -0.05) is 23.7 Å². The molecule has 0 bridgehead atoms. The van der Waals surface area contributed by atoms with Crippen molar-refractivity contribution in [3.8, 4) is 5.75 Å². The van der Waals surface area contributed by atoms with Gasteiger partial charge in [0.05, 0.1) is 17.3 Å². The molecule has 4 rings (SSSR count). The third-order valence-corrected chi connectivity index (χ3v) is 5.86. The lowest BCUT2D eigenvalue weighted by atomic mass is 10.00. The molecule has 8 nitrogen and oxygen atoms in total. The summed E-state index contributed by atoms with van der Waals surface area (Å²) in [6.07, 6.45) is 2.34. The fourth-order valence-electron chi connectivity index (χ4n) is 3.93. The van der Waals surface area contributed by atoms with Gasteiger partial charge in [0.25, 0.3) is 0 Å². The maximum absolute atomic E-state index is 14.6. The molecule has 1 aromatic heterocycles. The van der Waals surface area contributed by atoms with E-state index in [0.717, 1.165) is 30.8 Å². The lowest BCUT2D eigenvalue weighted by Crippen LogP contribution is -2.34. The second kappa shape index (κ2) is 10.7. The van der Waals surface area contributed by atoms with Gasteiger partial charge in [-0.2, -0.15) is 4.98 Å². The minimum absolute atomic E-state index is 0.0935. The zero-order chi connectivity index (χ0) is 24.1. The first-order valence-corrected chi connectivity index (χ1v) is 11.3. The van der Waals surface area contributed by atoms with Crippen LogP contribution in [0.3, 0.4) is 0 Å². The fourth-order valence-corrected chi connectivity index (χ4v) is 4.15. The number of para-hydroxylation sites is 1. The van der Waals surface area contributed by atoms with Crippen LogP contribution >= 0.6 is 11.6 Å². The summed E-state index contributed by atoms with van der Waals surface area (Å²) in [5.74, 6) is 0.255. The number of piperidine rings is 1. The summed E-state index contributed by atoms with van der Waals surface area (Å²) in [6, 6.07) is 12.5. The number of ether oxygens (including phenoxy) is 1. The van der Waals surface area contributed by atoms with Gasteiger partial charge in [-0.15, -0.1) is 0 Å². The van der Waals surface area contributed by atoms with E-state index in [2.05, 4.69) is 27.2 Å². The van der Waals surface area contributed by atoms with Crippen LogP contribution in [0.5, 0.6) is 5.75 Å². The van der Waals surface area contributed by atoms with Crippen LogP contribution < -0.4 is 15.0 Å². The van der Waals surface area contributed by atoms with Crippen molar-refractivity contribution >= 4 is 40.8 Å². The Kier molecular flexibility index (Phi) is 7.44. The van der Waals surface area contributed by atoms with Crippen LogP contribution in [0.4, 0.5) is 32.3 Å². The summed E-state index contributed by atoms with van der Waals surface area (Å²) in [4.78, 5) is 23.5. The van der Waals surface area contributed by atoms with Gasteiger partial charge in [0.2, 0.25) is 5.95 Å². The van der Waals surface area contributed by atoms with Gasteiger partial charge in [-0.25, -0.2) is 19.1 Å². The first-order chi connectivity index (χ1) is 16.4. The van der Waals surface area contributed by atoms with Gasteiger partial charge in [-0.3, -0.25) is 0 Å². The Morgan fingerprint density at radius 3 is 2.88 bits per heavy atom. The molecule has 3 aromatic rings. The number of nitrogens with zero attached hydrogens (tertiary/aromatic N) is 4. The average molecular weight is 486 g/mol. The first-order valence-electron chi connectivity index (χ1n) is 10.9.